The van der Waals surface area contributed by atoms with E-state index >= 15 is 0 Å². The minimum atomic E-state index is -4.74. The van der Waals surface area contributed by atoms with Crippen LogP contribution in [0, 0.1) is 5.92 Å². The average Bonchev–Trinajstić information content (AvgIpc) is 2.28. The van der Waals surface area contributed by atoms with Crippen LogP contribution < -0.4 is 0 Å². The third-order valence-corrected chi connectivity index (χ3v) is 3.06. The van der Waals surface area contributed by atoms with E-state index in [0.717, 1.165) is 5.56 Å². The third-order valence-electron chi connectivity index (χ3n) is 3.06. The number of hydrogen-bond acceptors (Lipinski definition) is 2. The first kappa shape index (κ1) is 12.1. The molecule has 0 amide bonds. The number of aryl methyl sites for hydroxylation is 1. The van der Waals surface area contributed by atoms with Gasteiger partial charge in [-0.1, -0.05) is 24.3 Å². The van der Waals surface area contributed by atoms with Crippen molar-refractivity contribution in [2.24, 2.45) is 5.92 Å². The molecule has 92 valence electrons. The van der Waals surface area contributed by atoms with Gasteiger partial charge in [0.2, 0.25) is 0 Å². The maximum absolute atomic E-state index is 12.4. The number of fused-ring (bicyclic) bond motifs is 1. The van der Waals surface area contributed by atoms with Gasteiger partial charge in [-0.2, -0.15) is 13.2 Å². The zero-order valence-corrected chi connectivity index (χ0v) is 8.87. The second-order valence-electron chi connectivity index (χ2n) is 4.15. The van der Waals surface area contributed by atoms with Gasteiger partial charge in [-0.05, 0) is 18.4 Å². The van der Waals surface area contributed by atoms with E-state index in [2.05, 4.69) is 0 Å². The summed E-state index contributed by atoms with van der Waals surface area (Å²) in [4.78, 5) is 11.8. The number of Topliss-reactive ketones (excluding diaryl/α,β-unsaturated/α-hetero) is 1. The molecule has 2 nitrogen and oxygen atoms in total. The van der Waals surface area contributed by atoms with Gasteiger partial charge in [0.15, 0.2) is 11.9 Å². The lowest BCUT2D eigenvalue weighted by Gasteiger charge is -2.28. The quantitative estimate of drug-likeness (QED) is 0.823. The Morgan fingerprint density at radius 1 is 1.29 bits per heavy atom. The zero-order valence-electron chi connectivity index (χ0n) is 8.87. The van der Waals surface area contributed by atoms with Crippen molar-refractivity contribution >= 4 is 5.78 Å². The van der Waals surface area contributed by atoms with Gasteiger partial charge < -0.3 is 5.11 Å². The highest BCUT2D eigenvalue weighted by molar-refractivity contribution is 6.00. The van der Waals surface area contributed by atoms with E-state index in [1.807, 2.05) is 0 Å². The predicted octanol–water partition coefficient (Wildman–Crippen LogP) is 2.35. The van der Waals surface area contributed by atoms with Gasteiger partial charge in [-0.25, -0.2) is 0 Å². The Balaban J connectivity index is 2.29. The van der Waals surface area contributed by atoms with Crippen molar-refractivity contribution in [1.82, 2.24) is 0 Å². The molecule has 1 aromatic rings. The number of carbonyl (C=O) groups is 1. The van der Waals surface area contributed by atoms with Gasteiger partial charge in [-0.15, -0.1) is 0 Å². The summed E-state index contributed by atoms with van der Waals surface area (Å²) in [6.45, 7) is 0. The first-order valence-corrected chi connectivity index (χ1v) is 5.28. The lowest BCUT2D eigenvalue weighted by molar-refractivity contribution is -0.214. The van der Waals surface area contributed by atoms with Crippen LogP contribution in [0.15, 0.2) is 24.3 Å². The molecule has 0 saturated carbocycles. The Morgan fingerprint density at radius 3 is 2.59 bits per heavy atom. The van der Waals surface area contributed by atoms with Crippen molar-refractivity contribution in [2.75, 3.05) is 0 Å². The Morgan fingerprint density at radius 2 is 1.94 bits per heavy atom. The number of rotatable bonds is 1. The Kier molecular flexibility index (Phi) is 2.95. The van der Waals surface area contributed by atoms with E-state index in [0.29, 0.717) is 12.0 Å². The average molecular weight is 244 g/mol. The van der Waals surface area contributed by atoms with Crippen LogP contribution in [0.3, 0.4) is 0 Å². The maximum atomic E-state index is 12.4. The van der Waals surface area contributed by atoms with Crippen molar-refractivity contribution in [3.63, 3.8) is 0 Å². The number of aliphatic hydroxyl groups excluding tert-OH is 1. The van der Waals surface area contributed by atoms with E-state index in [4.69, 9.17) is 5.11 Å². The molecule has 5 heteroatoms. The molecular formula is C12H11F3O2. The highest BCUT2D eigenvalue weighted by Gasteiger charge is 2.47. The highest BCUT2D eigenvalue weighted by Crippen LogP contribution is 2.34. The van der Waals surface area contributed by atoms with E-state index in [-0.39, 0.29) is 6.42 Å². The normalized spacial score (nSPS) is 22.1. The summed E-state index contributed by atoms with van der Waals surface area (Å²) in [7, 11) is 0. The monoisotopic (exact) mass is 244 g/mol. The summed E-state index contributed by atoms with van der Waals surface area (Å²) in [5.74, 6) is -1.98. The summed E-state index contributed by atoms with van der Waals surface area (Å²) in [6, 6.07) is 6.59. The lowest BCUT2D eigenvalue weighted by Crippen LogP contribution is -2.42. The molecule has 2 rings (SSSR count). The number of aliphatic hydroxyl groups is 1. The Bertz CT molecular complexity index is 440. The van der Waals surface area contributed by atoms with Crippen LogP contribution in [0.5, 0.6) is 0 Å². The molecule has 0 fully saturated rings. The van der Waals surface area contributed by atoms with Crippen LogP contribution in [-0.4, -0.2) is 23.2 Å². The van der Waals surface area contributed by atoms with Gasteiger partial charge in [0.1, 0.15) is 0 Å². The minimum absolute atomic E-state index is 0.0382. The smallest absolute Gasteiger partial charge is 0.383 e. The van der Waals surface area contributed by atoms with Crippen LogP contribution in [0.4, 0.5) is 13.2 Å². The van der Waals surface area contributed by atoms with Gasteiger partial charge in [-0.3, -0.25) is 4.79 Å². The fourth-order valence-electron chi connectivity index (χ4n) is 2.15. The number of hydrogen-bond donors (Lipinski definition) is 1. The molecule has 0 saturated heterocycles. The summed E-state index contributed by atoms with van der Waals surface area (Å²) >= 11 is 0. The molecule has 17 heavy (non-hydrogen) atoms. The van der Waals surface area contributed by atoms with Crippen molar-refractivity contribution in [3.8, 4) is 0 Å². The van der Waals surface area contributed by atoms with Crippen LogP contribution >= 0.6 is 0 Å². The topological polar surface area (TPSA) is 37.3 Å². The molecule has 1 aromatic carbocycles. The largest absolute Gasteiger partial charge is 0.415 e. The standard InChI is InChI=1S/C12H11F3O2/c13-12(14,15)11(17)9-6-5-7-3-1-2-4-8(7)10(9)16/h1-4,9,11,17H,5-6H2/t9-,11+/m1/s1. The Hall–Kier alpha value is -1.36. The van der Waals surface area contributed by atoms with E-state index < -0.39 is 24.0 Å². The van der Waals surface area contributed by atoms with Crippen LogP contribution in [-0.2, 0) is 6.42 Å². The summed E-state index contributed by atoms with van der Waals surface area (Å²) < 4.78 is 37.1. The van der Waals surface area contributed by atoms with Gasteiger partial charge >= 0.3 is 6.18 Å². The number of ketones is 1. The van der Waals surface area contributed by atoms with Gasteiger partial charge in [0, 0.05) is 5.56 Å². The number of benzene rings is 1. The molecule has 1 aliphatic rings. The molecule has 2 atom stereocenters. The van der Waals surface area contributed by atoms with E-state index in [1.54, 1.807) is 18.2 Å². The Labute approximate surface area is 96.1 Å². The van der Waals surface area contributed by atoms with E-state index in [9.17, 15) is 18.0 Å². The number of halogens is 3. The molecule has 0 unspecified atom stereocenters. The van der Waals surface area contributed by atoms with Crippen LogP contribution in [0.25, 0.3) is 0 Å². The first-order chi connectivity index (χ1) is 7.91. The van der Waals surface area contributed by atoms with Crippen LogP contribution in [0.1, 0.15) is 22.3 Å². The number of carbonyl (C=O) groups excluding carboxylic acids is 1. The second-order valence-corrected chi connectivity index (χ2v) is 4.15. The van der Waals surface area contributed by atoms with Gasteiger partial charge in [0.25, 0.3) is 0 Å². The van der Waals surface area contributed by atoms with Crippen LogP contribution in [0.2, 0.25) is 0 Å². The van der Waals surface area contributed by atoms with E-state index in [1.165, 1.54) is 6.07 Å². The molecule has 1 aliphatic carbocycles. The van der Waals surface area contributed by atoms with Gasteiger partial charge in [0.05, 0.1) is 5.92 Å². The van der Waals surface area contributed by atoms with Crippen molar-refractivity contribution in [2.45, 2.75) is 25.1 Å². The highest BCUT2D eigenvalue weighted by atomic mass is 19.4. The minimum Gasteiger partial charge on any atom is -0.383 e. The summed E-state index contributed by atoms with van der Waals surface area (Å²) in [6.07, 6.45) is -6.88. The van der Waals surface area contributed by atoms with Crippen molar-refractivity contribution in [1.29, 1.82) is 0 Å². The molecule has 0 bridgehead atoms. The fourth-order valence-corrected chi connectivity index (χ4v) is 2.15. The molecule has 0 aliphatic heterocycles. The molecule has 0 heterocycles. The first-order valence-electron chi connectivity index (χ1n) is 5.28. The van der Waals surface area contributed by atoms with Crippen molar-refractivity contribution in [3.05, 3.63) is 35.4 Å². The molecule has 0 aromatic heterocycles. The summed E-state index contributed by atoms with van der Waals surface area (Å²) in [5, 5.41) is 9.16. The summed E-state index contributed by atoms with van der Waals surface area (Å²) in [5.41, 5.74) is 1.05. The molecular weight excluding hydrogens is 233 g/mol. The number of alkyl halides is 3. The molecule has 1 N–H and O–H groups in total. The zero-order chi connectivity index (χ0) is 12.6. The maximum Gasteiger partial charge on any atom is 0.415 e. The SMILES string of the molecule is O=C1c2ccccc2CC[C@H]1[C@H](O)C(F)(F)F. The molecule has 0 radical (unpaired) electrons. The lowest BCUT2D eigenvalue weighted by atomic mass is 9.80. The fraction of sp³-hybridized carbons (Fsp3) is 0.417. The third kappa shape index (κ3) is 2.20. The molecule has 0 spiro atoms. The second kappa shape index (κ2) is 4.14. The van der Waals surface area contributed by atoms with Crippen molar-refractivity contribution < 1.29 is 23.1 Å². The predicted molar refractivity (Wildman–Crippen MR) is 54.6 cm³/mol.